The molecule has 0 aliphatic carbocycles. The first kappa shape index (κ1) is 22.7. The minimum absolute atomic E-state index is 0.0939. The van der Waals surface area contributed by atoms with Gasteiger partial charge in [0, 0.05) is 23.4 Å². The van der Waals surface area contributed by atoms with E-state index < -0.39 is 28.4 Å². The zero-order chi connectivity index (χ0) is 24.4. The number of nitro groups is 1. The molecule has 1 N–H and O–H groups in total. The van der Waals surface area contributed by atoms with Crippen molar-refractivity contribution in [3.63, 3.8) is 0 Å². The number of carbonyl (C=O) groups is 2. The molecule has 0 spiro atoms. The Hall–Kier alpha value is -4.46. The number of aliphatic hydroxyl groups excluding tert-OH is 1. The lowest BCUT2D eigenvalue weighted by Gasteiger charge is -2.25. The summed E-state index contributed by atoms with van der Waals surface area (Å²) in [7, 11) is 0. The summed E-state index contributed by atoms with van der Waals surface area (Å²) in [5, 5.41) is 22.1. The molecule has 0 radical (unpaired) electrons. The van der Waals surface area contributed by atoms with Gasteiger partial charge in [0.1, 0.15) is 11.5 Å². The molecule has 1 unspecified atom stereocenters. The zero-order valence-electron chi connectivity index (χ0n) is 18.6. The Balaban J connectivity index is 1.88. The Labute approximate surface area is 195 Å². The van der Waals surface area contributed by atoms with Crippen molar-refractivity contribution in [3.05, 3.63) is 105 Å². The van der Waals surface area contributed by atoms with Gasteiger partial charge in [-0.1, -0.05) is 29.8 Å². The van der Waals surface area contributed by atoms with Crippen molar-refractivity contribution in [2.24, 2.45) is 0 Å². The summed E-state index contributed by atoms with van der Waals surface area (Å²) in [4.78, 5) is 38.1. The Bertz CT molecular complexity index is 1280. The Kier molecular flexibility index (Phi) is 6.14. The maximum absolute atomic E-state index is 13.2. The lowest BCUT2D eigenvalue weighted by Crippen LogP contribution is -2.29. The molecule has 0 bridgehead atoms. The number of ketones is 1. The van der Waals surface area contributed by atoms with Crippen LogP contribution >= 0.6 is 0 Å². The van der Waals surface area contributed by atoms with Crippen molar-refractivity contribution < 1.29 is 24.4 Å². The lowest BCUT2D eigenvalue weighted by molar-refractivity contribution is -0.384. The maximum atomic E-state index is 13.2. The van der Waals surface area contributed by atoms with Gasteiger partial charge in [0.25, 0.3) is 17.4 Å². The molecule has 1 amide bonds. The third-order valence-electron chi connectivity index (χ3n) is 5.61. The fourth-order valence-electron chi connectivity index (χ4n) is 3.93. The summed E-state index contributed by atoms with van der Waals surface area (Å²) in [6.45, 7) is 4.27. The molecule has 8 nitrogen and oxygen atoms in total. The number of nitrogens with zero attached hydrogens (tertiary/aromatic N) is 2. The molecule has 1 saturated heterocycles. The van der Waals surface area contributed by atoms with Crippen LogP contribution in [0.1, 0.15) is 29.7 Å². The zero-order valence-corrected chi connectivity index (χ0v) is 18.6. The summed E-state index contributed by atoms with van der Waals surface area (Å²) < 4.78 is 5.50. The average Bonchev–Trinajstić information content (AvgIpc) is 3.10. The predicted octanol–water partition coefficient (Wildman–Crippen LogP) is 4.93. The minimum Gasteiger partial charge on any atom is -0.507 e. The molecule has 0 saturated carbocycles. The van der Waals surface area contributed by atoms with E-state index in [-0.39, 0.29) is 16.8 Å². The fraction of sp³-hybridized carbons (Fsp3) is 0.154. The highest BCUT2D eigenvalue weighted by Gasteiger charge is 2.47. The molecule has 1 heterocycles. The van der Waals surface area contributed by atoms with E-state index in [1.54, 1.807) is 36.4 Å². The number of hydrogen-bond acceptors (Lipinski definition) is 6. The van der Waals surface area contributed by atoms with Gasteiger partial charge < -0.3 is 9.84 Å². The monoisotopic (exact) mass is 458 g/mol. The van der Waals surface area contributed by atoms with Crippen LogP contribution in [0, 0.1) is 17.0 Å². The average molecular weight is 458 g/mol. The van der Waals surface area contributed by atoms with Crippen LogP contribution in [0.3, 0.4) is 0 Å². The van der Waals surface area contributed by atoms with Crippen LogP contribution in [-0.4, -0.2) is 28.3 Å². The van der Waals surface area contributed by atoms with Gasteiger partial charge in [-0.15, -0.1) is 0 Å². The number of non-ortho nitro benzene ring substituents is 1. The molecule has 8 heteroatoms. The van der Waals surface area contributed by atoms with E-state index in [1.807, 2.05) is 26.0 Å². The number of anilines is 1. The van der Waals surface area contributed by atoms with Gasteiger partial charge in [-0.25, -0.2) is 0 Å². The van der Waals surface area contributed by atoms with E-state index in [4.69, 9.17) is 4.74 Å². The topological polar surface area (TPSA) is 110 Å². The van der Waals surface area contributed by atoms with Gasteiger partial charge in [-0.3, -0.25) is 24.6 Å². The van der Waals surface area contributed by atoms with Crippen molar-refractivity contribution in [2.75, 3.05) is 11.5 Å². The SMILES string of the molecule is CCOc1ccc(C2/C(=C(/O)c3ccc([N+](=O)[O-])cc3)C(=O)C(=O)N2c2ccc(C)cc2)cc1. The van der Waals surface area contributed by atoms with Gasteiger partial charge in [0.15, 0.2) is 0 Å². The molecule has 3 aromatic rings. The van der Waals surface area contributed by atoms with Crippen LogP contribution < -0.4 is 9.64 Å². The number of nitro benzene ring substituents is 1. The molecule has 0 aromatic heterocycles. The van der Waals surface area contributed by atoms with Gasteiger partial charge in [0.2, 0.25) is 0 Å². The van der Waals surface area contributed by atoms with E-state index in [9.17, 15) is 24.8 Å². The number of carbonyl (C=O) groups excluding carboxylic acids is 2. The predicted molar refractivity (Wildman–Crippen MR) is 127 cm³/mol. The maximum Gasteiger partial charge on any atom is 0.300 e. The smallest absolute Gasteiger partial charge is 0.300 e. The number of Topliss-reactive ketones (excluding diaryl/α,β-unsaturated/α-hetero) is 1. The molecule has 1 atom stereocenters. The molecular formula is C26H22N2O6. The van der Waals surface area contributed by atoms with Crippen LogP contribution in [0.5, 0.6) is 5.75 Å². The third kappa shape index (κ3) is 4.13. The normalized spacial score (nSPS) is 17.1. The first-order valence-electron chi connectivity index (χ1n) is 10.7. The van der Waals surface area contributed by atoms with Crippen LogP contribution in [-0.2, 0) is 9.59 Å². The number of rotatable bonds is 6. The van der Waals surface area contributed by atoms with E-state index in [2.05, 4.69) is 0 Å². The first-order valence-corrected chi connectivity index (χ1v) is 10.7. The Morgan fingerprint density at radius 2 is 1.62 bits per heavy atom. The van der Waals surface area contributed by atoms with Gasteiger partial charge in [0.05, 0.1) is 23.1 Å². The van der Waals surface area contributed by atoms with Crippen molar-refractivity contribution >= 4 is 28.8 Å². The second-order valence-electron chi connectivity index (χ2n) is 7.81. The highest BCUT2D eigenvalue weighted by Crippen LogP contribution is 2.42. The van der Waals surface area contributed by atoms with Crippen molar-refractivity contribution in [1.29, 1.82) is 0 Å². The number of aryl methyl sites for hydroxylation is 1. The quantitative estimate of drug-likeness (QED) is 0.184. The summed E-state index contributed by atoms with van der Waals surface area (Å²) in [5.41, 5.74) is 2.05. The molecule has 1 fully saturated rings. The molecule has 4 rings (SSSR count). The number of amides is 1. The molecule has 1 aliphatic heterocycles. The van der Waals surface area contributed by atoms with E-state index in [1.165, 1.54) is 29.2 Å². The van der Waals surface area contributed by atoms with Crippen LogP contribution in [0.15, 0.2) is 78.4 Å². The summed E-state index contributed by atoms with van der Waals surface area (Å²) in [6, 6.07) is 18.4. The number of ether oxygens (including phenoxy) is 1. The third-order valence-corrected chi connectivity index (χ3v) is 5.61. The Morgan fingerprint density at radius 1 is 1.00 bits per heavy atom. The number of aliphatic hydroxyl groups is 1. The van der Waals surface area contributed by atoms with E-state index in [0.29, 0.717) is 23.6 Å². The van der Waals surface area contributed by atoms with Gasteiger partial charge in [-0.05, 0) is 55.8 Å². The lowest BCUT2D eigenvalue weighted by atomic mass is 9.95. The van der Waals surface area contributed by atoms with Crippen molar-refractivity contribution in [2.45, 2.75) is 19.9 Å². The fourth-order valence-corrected chi connectivity index (χ4v) is 3.93. The highest BCUT2D eigenvalue weighted by molar-refractivity contribution is 6.51. The van der Waals surface area contributed by atoms with Crippen LogP contribution in [0.2, 0.25) is 0 Å². The largest absolute Gasteiger partial charge is 0.507 e. The van der Waals surface area contributed by atoms with Crippen LogP contribution in [0.4, 0.5) is 11.4 Å². The Morgan fingerprint density at radius 3 is 2.18 bits per heavy atom. The second kappa shape index (κ2) is 9.19. The second-order valence-corrected chi connectivity index (χ2v) is 7.81. The van der Waals surface area contributed by atoms with Crippen molar-refractivity contribution in [3.8, 4) is 5.75 Å². The van der Waals surface area contributed by atoms with Crippen molar-refractivity contribution in [1.82, 2.24) is 0 Å². The highest BCUT2D eigenvalue weighted by atomic mass is 16.6. The molecular weight excluding hydrogens is 436 g/mol. The number of hydrogen-bond donors (Lipinski definition) is 1. The summed E-state index contributed by atoms with van der Waals surface area (Å²) >= 11 is 0. The van der Waals surface area contributed by atoms with Gasteiger partial charge in [-0.2, -0.15) is 0 Å². The molecule has 3 aromatic carbocycles. The summed E-state index contributed by atoms with van der Waals surface area (Å²) in [6.07, 6.45) is 0. The number of benzene rings is 3. The first-order chi connectivity index (χ1) is 16.3. The van der Waals surface area contributed by atoms with Crippen LogP contribution in [0.25, 0.3) is 5.76 Å². The summed E-state index contributed by atoms with van der Waals surface area (Å²) in [5.74, 6) is -1.38. The molecule has 172 valence electrons. The van der Waals surface area contributed by atoms with Gasteiger partial charge >= 0.3 is 0 Å². The minimum atomic E-state index is -0.895. The van der Waals surface area contributed by atoms with E-state index >= 15 is 0 Å². The molecule has 34 heavy (non-hydrogen) atoms. The molecule has 1 aliphatic rings. The van der Waals surface area contributed by atoms with E-state index in [0.717, 1.165) is 5.56 Å². The standard InChI is InChI=1S/C26H22N2O6/c1-3-34-21-14-8-17(9-15-21)23-22(24(29)18-6-12-20(13-7-18)28(32)33)25(30)26(31)27(23)19-10-4-16(2)5-11-19/h4-15,23,29H,3H2,1-2H3/b24-22-.